The number of hydrogen-bond donors (Lipinski definition) is 3. The van der Waals surface area contributed by atoms with Crippen molar-refractivity contribution in [3.63, 3.8) is 0 Å². The number of aromatic amines is 2. The van der Waals surface area contributed by atoms with Crippen LogP contribution in [0.5, 0.6) is 0 Å². The lowest BCUT2D eigenvalue weighted by Gasteiger charge is -2.06. The van der Waals surface area contributed by atoms with E-state index in [-0.39, 0.29) is 0 Å². The highest BCUT2D eigenvalue weighted by Gasteiger charge is 2.29. The molecule has 0 fully saturated rings. The fourth-order valence-corrected chi connectivity index (χ4v) is 2.51. The quantitative estimate of drug-likeness (QED) is 0.451. The summed E-state index contributed by atoms with van der Waals surface area (Å²) in [4.78, 5) is 0. The van der Waals surface area contributed by atoms with Gasteiger partial charge in [-0.1, -0.05) is 42.5 Å². The summed E-state index contributed by atoms with van der Waals surface area (Å²) >= 11 is 0. The van der Waals surface area contributed by atoms with Crippen LogP contribution in [0.4, 0.5) is 18.9 Å². The first-order valence-electron chi connectivity index (χ1n) is 8.39. The Labute approximate surface area is 159 Å². The minimum Gasteiger partial charge on any atom is -0.395 e. The molecule has 0 radical (unpaired) electrons. The third kappa shape index (κ3) is 4.40. The second-order valence-corrected chi connectivity index (χ2v) is 6.02. The number of aromatic nitrogens is 4. The number of nitrogens with two attached hydrogens (primary N) is 1. The number of anilines is 1. The van der Waals surface area contributed by atoms with Crippen molar-refractivity contribution < 1.29 is 13.2 Å². The van der Waals surface area contributed by atoms with Gasteiger partial charge in [-0.2, -0.15) is 23.4 Å². The maximum Gasteiger partial charge on any atom is 0.416 e. The van der Waals surface area contributed by atoms with E-state index in [2.05, 4.69) is 20.4 Å². The first-order chi connectivity index (χ1) is 13.4. The second kappa shape index (κ2) is 7.99. The van der Waals surface area contributed by atoms with E-state index in [1.165, 1.54) is 12.1 Å². The molecule has 0 spiro atoms. The molecule has 0 aliphatic heterocycles. The number of aryl methyl sites for hydroxylation is 1. The molecule has 8 heteroatoms. The Balaban J connectivity index is 0.000000162. The second-order valence-electron chi connectivity index (χ2n) is 6.02. The van der Waals surface area contributed by atoms with Crippen molar-refractivity contribution in [3.8, 4) is 22.5 Å². The maximum absolute atomic E-state index is 12.2. The summed E-state index contributed by atoms with van der Waals surface area (Å²) in [6.45, 7) is 1.91. The van der Waals surface area contributed by atoms with Gasteiger partial charge in [0.25, 0.3) is 0 Å². The van der Waals surface area contributed by atoms with Crippen LogP contribution in [0, 0.1) is 6.92 Å². The van der Waals surface area contributed by atoms with Crippen molar-refractivity contribution >= 4 is 5.69 Å². The van der Waals surface area contributed by atoms with E-state index in [0.29, 0.717) is 11.3 Å². The molecule has 0 aliphatic rings. The first kappa shape index (κ1) is 19.2. The van der Waals surface area contributed by atoms with Crippen LogP contribution >= 0.6 is 0 Å². The van der Waals surface area contributed by atoms with Gasteiger partial charge in [-0.3, -0.25) is 10.2 Å². The van der Waals surface area contributed by atoms with Crippen LogP contribution in [0.2, 0.25) is 0 Å². The number of alkyl halides is 3. The molecule has 5 nitrogen and oxygen atoms in total. The Hall–Kier alpha value is -3.55. The molecular formula is C20H18F3N5. The van der Waals surface area contributed by atoms with Gasteiger partial charge in [-0.25, -0.2) is 0 Å². The number of hydrogen-bond acceptors (Lipinski definition) is 3. The van der Waals surface area contributed by atoms with Crippen molar-refractivity contribution in [1.29, 1.82) is 0 Å². The van der Waals surface area contributed by atoms with E-state index in [4.69, 9.17) is 5.73 Å². The molecule has 2 aromatic carbocycles. The summed E-state index contributed by atoms with van der Waals surface area (Å²) in [5.74, 6) is 0. The van der Waals surface area contributed by atoms with Gasteiger partial charge in [0, 0.05) is 11.8 Å². The molecule has 4 rings (SSSR count). The topological polar surface area (TPSA) is 83.4 Å². The SMILES string of the molecule is Cc1[nH]nc(-c2ccccc2)c1N.FC(F)(F)c1ccc(-c2ccn[nH]2)cc1. The third-order valence-electron chi connectivity index (χ3n) is 4.07. The molecule has 4 N–H and O–H groups in total. The van der Waals surface area contributed by atoms with Gasteiger partial charge in [0.15, 0.2) is 0 Å². The predicted octanol–water partition coefficient (Wildman–Crippen LogP) is 5.06. The van der Waals surface area contributed by atoms with Crippen LogP contribution in [0.3, 0.4) is 0 Å². The monoisotopic (exact) mass is 385 g/mol. The molecule has 4 aromatic rings. The van der Waals surface area contributed by atoms with Crippen molar-refractivity contribution in [2.75, 3.05) is 5.73 Å². The molecule has 0 bridgehead atoms. The minimum atomic E-state index is -4.29. The van der Waals surface area contributed by atoms with Crippen molar-refractivity contribution in [3.05, 3.63) is 78.1 Å². The highest BCUT2D eigenvalue weighted by atomic mass is 19.4. The minimum absolute atomic E-state index is 0.647. The molecule has 28 heavy (non-hydrogen) atoms. The van der Waals surface area contributed by atoms with E-state index in [9.17, 15) is 13.2 Å². The standard InChI is InChI=1S/C10H7F3N2.C10H11N3/c11-10(12,13)8-3-1-7(2-4-8)9-5-6-14-15-9;1-7-9(11)10(13-12-7)8-5-3-2-4-6-8/h1-6H,(H,14,15);2-6H,11H2,1H3,(H,12,13). The van der Waals surface area contributed by atoms with Gasteiger partial charge >= 0.3 is 6.18 Å². The number of benzene rings is 2. The summed E-state index contributed by atoms with van der Waals surface area (Å²) in [6, 6.07) is 16.5. The highest BCUT2D eigenvalue weighted by molar-refractivity contribution is 5.73. The van der Waals surface area contributed by atoms with Crippen LogP contribution in [0.15, 0.2) is 66.9 Å². The fourth-order valence-electron chi connectivity index (χ4n) is 2.51. The van der Waals surface area contributed by atoms with Gasteiger partial charge in [0.2, 0.25) is 0 Å². The fraction of sp³-hybridized carbons (Fsp3) is 0.100. The lowest BCUT2D eigenvalue weighted by molar-refractivity contribution is -0.137. The predicted molar refractivity (Wildman–Crippen MR) is 102 cm³/mol. The third-order valence-corrected chi connectivity index (χ3v) is 4.07. The lowest BCUT2D eigenvalue weighted by atomic mass is 10.1. The van der Waals surface area contributed by atoms with E-state index < -0.39 is 11.7 Å². The Kier molecular flexibility index (Phi) is 5.49. The van der Waals surface area contributed by atoms with E-state index in [0.717, 1.165) is 34.8 Å². The number of nitrogens with zero attached hydrogens (tertiary/aromatic N) is 2. The Morgan fingerprint density at radius 1 is 0.857 bits per heavy atom. The maximum atomic E-state index is 12.2. The molecule has 0 unspecified atom stereocenters. The highest BCUT2D eigenvalue weighted by Crippen LogP contribution is 2.30. The molecule has 0 saturated heterocycles. The van der Waals surface area contributed by atoms with Crippen LogP contribution in [0.1, 0.15) is 11.3 Å². The smallest absolute Gasteiger partial charge is 0.395 e. The molecule has 0 amide bonds. The molecular weight excluding hydrogens is 367 g/mol. The van der Waals surface area contributed by atoms with Crippen LogP contribution in [-0.2, 0) is 6.18 Å². The zero-order chi connectivity index (χ0) is 20.1. The van der Waals surface area contributed by atoms with Crippen molar-refractivity contribution in [2.45, 2.75) is 13.1 Å². The molecule has 144 valence electrons. The molecule has 2 heterocycles. The molecule has 0 aliphatic carbocycles. The first-order valence-corrected chi connectivity index (χ1v) is 8.39. The summed E-state index contributed by atoms with van der Waals surface area (Å²) in [5.41, 5.74) is 10.1. The number of rotatable bonds is 2. The Morgan fingerprint density at radius 2 is 1.54 bits per heavy atom. The van der Waals surface area contributed by atoms with Gasteiger partial charge in [-0.05, 0) is 30.7 Å². The lowest BCUT2D eigenvalue weighted by Crippen LogP contribution is -2.03. The number of nitrogen functional groups attached to an aromatic ring is 1. The van der Waals surface area contributed by atoms with Crippen LogP contribution in [0.25, 0.3) is 22.5 Å². The largest absolute Gasteiger partial charge is 0.416 e. The Bertz CT molecular complexity index is 1000. The summed E-state index contributed by atoms with van der Waals surface area (Å²) in [5, 5.41) is 13.4. The average Bonchev–Trinajstić information content (AvgIpc) is 3.34. The average molecular weight is 385 g/mol. The van der Waals surface area contributed by atoms with Crippen LogP contribution in [-0.4, -0.2) is 20.4 Å². The van der Waals surface area contributed by atoms with Gasteiger partial charge in [-0.15, -0.1) is 0 Å². The normalized spacial score (nSPS) is 11.0. The Morgan fingerprint density at radius 3 is 2.04 bits per heavy atom. The van der Waals surface area contributed by atoms with Gasteiger partial charge in [0.05, 0.1) is 22.6 Å². The number of H-pyrrole nitrogens is 2. The van der Waals surface area contributed by atoms with E-state index in [1.807, 2.05) is 37.3 Å². The molecule has 0 saturated carbocycles. The zero-order valence-corrected chi connectivity index (χ0v) is 15.0. The van der Waals surface area contributed by atoms with Crippen molar-refractivity contribution in [2.24, 2.45) is 0 Å². The van der Waals surface area contributed by atoms with Gasteiger partial charge < -0.3 is 5.73 Å². The van der Waals surface area contributed by atoms with Gasteiger partial charge in [0.1, 0.15) is 5.69 Å². The van der Waals surface area contributed by atoms with E-state index in [1.54, 1.807) is 12.3 Å². The van der Waals surface area contributed by atoms with Crippen LogP contribution < -0.4 is 5.73 Å². The summed E-state index contributed by atoms with van der Waals surface area (Å²) < 4.78 is 36.7. The summed E-state index contributed by atoms with van der Waals surface area (Å²) in [7, 11) is 0. The van der Waals surface area contributed by atoms with E-state index >= 15 is 0 Å². The zero-order valence-electron chi connectivity index (χ0n) is 15.0. The number of halogens is 3. The molecule has 0 atom stereocenters. The number of nitrogens with one attached hydrogen (secondary N) is 2. The van der Waals surface area contributed by atoms with Crippen molar-refractivity contribution in [1.82, 2.24) is 20.4 Å². The summed E-state index contributed by atoms with van der Waals surface area (Å²) in [6.07, 6.45) is -2.74. The molecule has 2 aromatic heterocycles.